The van der Waals surface area contributed by atoms with Crippen LogP contribution in [0.2, 0.25) is 0 Å². The number of benzene rings is 1. The Morgan fingerprint density at radius 2 is 2.00 bits per heavy atom. The van der Waals surface area contributed by atoms with E-state index in [-0.39, 0.29) is 12.4 Å². The Balaban J connectivity index is 0.00000220. The van der Waals surface area contributed by atoms with Crippen molar-refractivity contribution in [3.8, 4) is 0 Å². The predicted molar refractivity (Wildman–Crippen MR) is 80.7 cm³/mol. The lowest BCUT2D eigenvalue weighted by Crippen LogP contribution is -2.32. The van der Waals surface area contributed by atoms with Gasteiger partial charge in [0, 0.05) is 12.6 Å². The minimum atomic E-state index is -4.26. The average Bonchev–Trinajstić information content (AvgIpc) is 2.67. The molecule has 0 aromatic heterocycles. The number of rotatable bonds is 3. The lowest BCUT2D eigenvalue weighted by atomic mass is 10.1. The van der Waals surface area contributed by atoms with Crippen molar-refractivity contribution in [2.75, 3.05) is 20.1 Å². The van der Waals surface area contributed by atoms with Crippen molar-refractivity contribution in [3.63, 3.8) is 0 Å². The average molecular weight is 323 g/mol. The molecule has 1 fully saturated rings. The van der Waals surface area contributed by atoms with E-state index in [9.17, 15) is 13.2 Å². The summed E-state index contributed by atoms with van der Waals surface area (Å²) in [6.07, 6.45) is -0.990. The van der Waals surface area contributed by atoms with Gasteiger partial charge in [0.15, 0.2) is 0 Å². The van der Waals surface area contributed by atoms with Crippen LogP contribution in [0.4, 0.5) is 13.2 Å². The molecule has 0 aliphatic carbocycles. The molecule has 1 aliphatic rings. The molecule has 0 radical (unpaired) electrons. The summed E-state index contributed by atoms with van der Waals surface area (Å²) in [6, 6.07) is 6.07. The maximum absolute atomic E-state index is 12.7. The summed E-state index contributed by atoms with van der Waals surface area (Å²) in [5, 5.41) is 3.35. The van der Waals surface area contributed by atoms with E-state index in [4.69, 9.17) is 0 Å². The third kappa shape index (κ3) is 5.49. The molecule has 1 aromatic rings. The topological polar surface area (TPSA) is 15.3 Å². The molecule has 0 saturated carbocycles. The van der Waals surface area contributed by atoms with Crippen LogP contribution < -0.4 is 5.32 Å². The first-order valence-corrected chi connectivity index (χ1v) is 7.04. The van der Waals surface area contributed by atoms with Gasteiger partial charge >= 0.3 is 6.18 Å². The molecule has 1 aliphatic heterocycles. The lowest BCUT2D eigenvalue weighted by molar-refractivity contribution is -0.137. The summed E-state index contributed by atoms with van der Waals surface area (Å²) in [7, 11) is 2.00. The quantitative estimate of drug-likeness (QED) is 0.913. The molecule has 2 nitrogen and oxygen atoms in total. The molecule has 1 saturated heterocycles. The van der Waals surface area contributed by atoms with Gasteiger partial charge in [0.25, 0.3) is 0 Å². The van der Waals surface area contributed by atoms with E-state index in [0.717, 1.165) is 44.0 Å². The maximum atomic E-state index is 12.7. The minimum absolute atomic E-state index is 0. The van der Waals surface area contributed by atoms with Crippen molar-refractivity contribution >= 4 is 12.4 Å². The monoisotopic (exact) mass is 322 g/mol. The van der Waals surface area contributed by atoms with Crippen molar-refractivity contribution in [1.82, 2.24) is 10.2 Å². The zero-order valence-corrected chi connectivity index (χ0v) is 12.9. The Hall–Kier alpha value is -0.780. The van der Waals surface area contributed by atoms with Crippen LogP contribution in [0.5, 0.6) is 0 Å². The number of nitrogens with zero attached hydrogens (tertiary/aromatic N) is 1. The highest BCUT2D eigenvalue weighted by Crippen LogP contribution is 2.30. The van der Waals surface area contributed by atoms with Crippen LogP contribution in [0.15, 0.2) is 24.3 Å². The van der Waals surface area contributed by atoms with Gasteiger partial charge in [0.05, 0.1) is 5.56 Å². The molecule has 0 spiro atoms. The van der Waals surface area contributed by atoms with Crippen LogP contribution in [-0.4, -0.2) is 31.1 Å². The van der Waals surface area contributed by atoms with Gasteiger partial charge in [-0.15, -0.1) is 12.4 Å². The number of hydrogen-bond acceptors (Lipinski definition) is 2. The second-order valence-corrected chi connectivity index (χ2v) is 5.45. The fourth-order valence-electron chi connectivity index (χ4n) is 2.70. The molecule has 120 valence electrons. The van der Waals surface area contributed by atoms with Crippen molar-refractivity contribution in [3.05, 3.63) is 35.4 Å². The molecule has 1 N–H and O–H groups in total. The predicted octanol–water partition coefficient (Wildman–Crippen LogP) is 3.70. The molecular weight excluding hydrogens is 301 g/mol. The first-order valence-electron chi connectivity index (χ1n) is 7.04. The standard InChI is InChI=1S/C15H21F3N2.ClH/c1-20(14-6-3-8-19-9-7-14)11-12-4-2-5-13(10-12)15(16,17)18;/h2,4-5,10,14,19H,3,6-9,11H2,1H3;1H. The van der Waals surface area contributed by atoms with Crippen molar-refractivity contribution in [2.24, 2.45) is 0 Å². The van der Waals surface area contributed by atoms with Crippen LogP contribution in [-0.2, 0) is 12.7 Å². The van der Waals surface area contributed by atoms with Crippen molar-refractivity contribution < 1.29 is 13.2 Å². The van der Waals surface area contributed by atoms with E-state index in [2.05, 4.69) is 10.2 Å². The van der Waals surface area contributed by atoms with Crippen LogP contribution >= 0.6 is 12.4 Å². The summed E-state index contributed by atoms with van der Waals surface area (Å²) >= 11 is 0. The van der Waals surface area contributed by atoms with Crippen molar-refractivity contribution in [1.29, 1.82) is 0 Å². The number of halogens is 4. The Kier molecular flexibility index (Phi) is 6.97. The molecule has 0 amide bonds. The number of nitrogens with one attached hydrogen (secondary N) is 1. The highest BCUT2D eigenvalue weighted by molar-refractivity contribution is 5.85. The second-order valence-electron chi connectivity index (χ2n) is 5.45. The van der Waals surface area contributed by atoms with Gasteiger partial charge in [-0.3, -0.25) is 4.90 Å². The second kappa shape index (κ2) is 8.01. The molecule has 1 aromatic carbocycles. The van der Waals surface area contributed by atoms with Crippen LogP contribution in [0.1, 0.15) is 30.4 Å². The van der Waals surface area contributed by atoms with E-state index in [1.165, 1.54) is 12.1 Å². The van der Waals surface area contributed by atoms with Gasteiger partial charge in [-0.05, 0) is 51.0 Å². The molecule has 0 bridgehead atoms. The summed E-state index contributed by atoms with van der Waals surface area (Å²) in [5.41, 5.74) is 0.158. The first kappa shape index (κ1) is 18.3. The Bertz CT molecular complexity index is 429. The minimum Gasteiger partial charge on any atom is -0.317 e. The van der Waals surface area contributed by atoms with Gasteiger partial charge in [0.2, 0.25) is 0 Å². The van der Waals surface area contributed by atoms with Gasteiger partial charge < -0.3 is 5.32 Å². The molecular formula is C15H22ClF3N2. The van der Waals surface area contributed by atoms with Crippen LogP contribution in [0.3, 0.4) is 0 Å². The third-order valence-corrected chi connectivity index (χ3v) is 3.85. The smallest absolute Gasteiger partial charge is 0.317 e. The van der Waals surface area contributed by atoms with E-state index in [0.29, 0.717) is 12.6 Å². The normalized spacial score (nSPS) is 20.0. The van der Waals surface area contributed by atoms with Gasteiger partial charge in [-0.2, -0.15) is 13.2 Å². The summed E-state index contributed by atoms with van der Waals surface area (Å²) in [6.45, 7) is 2.58. The molecule has 21 heavy (non-hydrogen) atoms. The van der Waals surface area contributed by atoms with E-state index in [1.807, 2.05) is 7.05 Å². The molecule has 1 heterocycles. The van der Waals surface area contributed by atoms with Crippen LogP contribution in [0.25, 0.3) is 0 Å². The molecule has 1 unspecified atom stereocenters. The fourth-order valence-corrected chi connectivity index (χ4v) is 2.70. The number of alkyl halides is 3. The SMILES string of the molecule is CN(Cc1cccc(C(F)(F)F)c1)C1CCCNCC1.Cl. The fraction of sp³-hybridized carbons (Fsp3) is 0.600. The van der Waals surface area contributed by atoms with Gasteiger partial charge in [0.1, 0.15) is 0 Å². The zero-order valence-electron chi connectivity index (χ0n) is 12.1. The Morgan fingerprint density at radius 1 is 1.24 bits per heavy atom. The maximum Gasteiger partial charge on any atom is 0.416 e. The summed E-state index contributed by atoms with van der Waals surface area (Å²) < 4.78 is 38.1. The van der Waals surface area contributed by atoms with Gasteiger partial charge in [-0.1, -0.05) is 18.2 Å². The van der Waals surface area contributed by atoms with Crippen molar-refractivity contribution in [2.45, 2.75) is 38.0 Å². The van der Waals surface area contributed by atoms with E-state index < -0.39 is 11.7 Å². The highest BCUT2D eigenvalue weighted by Gasteiger charge is 2.30. The zero-order chi connectivity index (χ0) is 14.6. The summed E-state index contributed by atoms with van der Waals surface area (Å²) in [4.78, 5) is 2.17. The van der Waals surface area contributed by atoms with E-state index in [1.54, 1.807) is 6.07 Å². The van der Waals surface area contributed by atoms with Gasteiger partial charge in [-0.25, -0.2) is 0 Å². The summed E-state index contributed by atoms with van der Waals surface area (Å²) in [5.74, 6) is 0. The number of hydrogen-bond donors (Lipinski definition) is 1. The lowest BCUT2D eigenvalue weighted by Gasteiger charge is -2.27. The largest absolute Gasteiger partial charge is 0.416 e. The van der Waals surface area contributed by atoms with Crippen LogP contribution in [0, 0.1) is 0 Å². The molecule has 1 atom stereocenters. The van der Waals surface area contributed by atoms with E-state index >= 15 is 0 Å². The molecule has 2 rings (SSSR count). The Labute approximate surface area is 130 Å². The Morgan fingerprint density at radius 3 is 2.71 bits per heavy atom. The molecule has 6 heteroatoms. The first-order chi connectivity index (χ1) is 9.47. The highest BCUT2D eigenvalue weighted by atomic mass is 35.5. The third-order valence-electron chi connectivity index (χ3n) is 3.85.